The first-order valence-corrected chi connectivity index (χ1v) is 5.32. The van der Waals surface area contributed by atoms with Crippen molar-refractivity contribution in [1.29, 1.82) is 0 Å². The molecule has 6 heteroatoms. The third-order valence-corrected chi connectivity index (χ3v) is 1.41. The van der Waals surface area contributed by atoms with Gasteiger partial charge in [-0.1, -0.05) is 0 Å². The van der Waals surface area contributed by atoms with Crippen LogP contribution in [0.5, 0.6) is 0 Å². The van der Waals surface area contributed by atoms with E-state index in [-0.39, 0.29) is 0 Å². The minimum atomic E-state index is -3.42. The Kier molecular flexibility index (Phi) is 3.64. The quantitative estimate of drug-likeness (QED) is 0.605. The highest BCUT2D eigenvalue weighted by Crippen LogP contribution is 2.08. The molecule has 0 rings (SSSR count). The lowest BCUT2D eigenvalue weighted by Gasteiger charge is -2.23. The van der Waals surface area contributed by atoms with Crippen molar-refractivity contribution in [2.24, 2.45) is 0 Å². The van der Waals surface area contributed by atoms with E-state index < -0.39 is 22.0 Å². The first-order chi connectivity index (χ1) is 5.10. The first-order valence-electron chi connectivity index (χ1n) is 3.43. The van der Waals surface area contributed by atoms with Crippen molar-refractivity contribution in [3.8, 4) is 0 Å². The number of rotatable bonds is 3. The van der Waals surface area contributed by atoms with E-state index >= 15 is 0 Å². The zero-order valence-corrected chi connectivity index (χ0v) is 8.47. The molecule has 0 saturated heterocycles. The van der Waals surface area contributed by atoms with Crippen LogP contribution in [0.15, 0.2) is 0 Å². The molecule has 0 aromatic carbocycles. The molecule has 2 N–H and O–H groups in total. The number of aliphatic hydroxyl groups excluding tert-OH is 1. The van der Waals surface area contributed by atoms with Gasteiger partial charge < -0.3 is 9.84 Å². The zero-order chi connectivity index (χ0) is 9.99. The van der Waals surface area contributed by atoms with Crippen LogP contribution in [0, 0.1) is 0 Å². The largest absolute Gasteiger partial charge is 0.355 e. The summed E-state index contributed by atoms with van der Waals surface area (Å²) in [6.07, 6.45) is -0.539. The maximum absolute atomic E-state index is 10.6. The Bertz CT molecular complexity index is 228. The van der Waals surface area contributed by atoms with Gasteiger partial charge in [0.2, 0.25) is 16.4 Å². The molecule has 0 amide bonds. The summed E-state index contributed by atoms with van der Waals surface area (Å²) in [5.74, 6) is 0. The van der Waals surface area contributed by atoms with E-state index in [1.54, 1.807) is 20.8 Å². The van der Waals surface area contributed by atoms with Crippen LogP contribution in [0.4, 0.5) is 0 Å². The van der Waals surface area contributed by atoms with E-state index in [1.807, 2.05) is 4.72 Å². The maximum atomic E-state index is 10.6. The lowest BCUT2D eigenvalue weighted by atomic mass is 10.2. The Labute approximate surface area is 72.8 Å². The normalized spacial score (nSPS) is 16.1. The molecule has 0 aliphatic carbocycles. The SMILES string of the molecule is CC(C)(C)OC(O)NS(C)(=O)=O. The van der Waals surface area contributed by atoms with Crippen molar-refractivity contribution in [3.05, 3.63) is 0 Å². The summed E-state index contributed by atoms with van der Waals surface area (Å²) in [6, 6.07) is 0. The fourth-order valence-electron chi connectivity index (χ4n) is 0.542. The van der Waals surface area contributed by atoms with Crippen molar-refractivity contribution in [3.63, 3.8) is 0 Å². The van der Waals surface area contributed by atoms with Crippen molar-refractivity contribution in [2.45, 2.75) is 32.8 Å². The van der Waals surface area contributed by atoms with Gasteiger partial charge in [-0.15, -0.1) is 0 Å². The summed E-state index contributed by atoms with van der Waals surface area (Å²) in [4.78, 5) is 0. The van der Waals surface area contributed by atoms with Crippen molar-refractivity contribution in [2.75, 3.05) is 6.26 Å². The van der Waals surface area contributed by atoms with Crippen LogP contribution in [0.25, 0.3) is 0 Å². The van der Waals surface area contributed by atoms with E-state index in [2.05, 4.69) is 0 Å². The Morgan fingerprint density at radius 1 is 1.42 bits per heavy atom. The van der Waals surface area contributed by atoms with E-state index in [4.69, 9.17) is 9.84 Å². The monoisotopic (exact) mass is 197 g/mol. The summed E-state index contributed by atoms with van der Waals surface area (Å²) in [5, 5.41) is 9.01. The second-order valence-corrected chi connectivity index (χ2v) is 5.25. The number of ether oxygens (including phenoxy) is 1. The molecule has 0 aromatic heterocycles. The van der Waals surface area contributed by atoms with Crippen LogP contribution in [0.2, 0.25) is 0 Å². The lowest BCUT2D eigenvalue weighted by Crippen LogP contribution is -2.40. The second kappa shape index (κ2) is 3.69. The zero-order valence-electron chi connectivity index (χ0n) is 7.66. The van der Waals surface area contributed by atoms with Gasteiger partial charge in [-0.05, 0) is 20.8 Å². The maximum Gasteiger partial charge on any atom is 0.227 e. The topological polar surface area (TPSA) is 75.6 Å². The predicted molar refractivity (Wildman–Crippen MR) is 44.8 cm³/mol. The third-order valence-electron chi connectivity index (χ3n) is 0.780. The van der Waals surface area contributed by atoms with E-state index in [0.717, 1.165) is 6.26 Å². The Balaban J connectivity index is 4.00. The fraction of sp³-hybridized carbons (Fsp3) is 1.00. The van der Waals surface area contributed by atoms with Gasteiger partial charge >= 0.3 is 0 Å². The summed E-state index contributed by atoms with van der Waals surface area (Å²) in [5.41, 5.74) is -0.586. The highest BCUT2D eigenvalue weighted by molar-refractivity contribution is 7.88. The number of nitrogens with one attached hydrogen (secondary N) is 1. The van der Waals surface area contributed by atoms with Gasteiger partial charge in [0.05, 0.1) is 11.9 Å². The van der Waals surface area contributed by atoms with E-state index in [1.165, 1.54) is 0 Å². The van der Waals surface area contributed by atoms with Crippen LogP contribution in [-0.2, 0) is 14.8 Å². The van der Waals surface area contributed by atoms with Crippen LogP contribution in [0.1, 0.15) is 20.8 Å². The predicted octanol–water partition coefficient (Wildman–Crippen LogP) is -0.373. The van der Waals surface area contributed by atoms with Crippen molar-refractivity contribution >= 4 is 10.0 Å². The molecule has 0 radical (unpaired) electrons. The third kappa shape index (κ3) is 7.93. The summed E-state index contributed by atoms with van der Waals surface area (Å²) >= 11 is 0. The lowest BCUT2D eigenvalue weighted by molar-refractivity contribution is -0.170. The highest BCUT2D eigenvalue weighted by atomic mass is 32.2. The van der Waals surface area contributed by atoms with Gasteiger partial charge in [-0.25, -0.2) is 8.42 Å². The molecule has 1 atom stereocenters. The van der Waals surface area contributed by atoms with Gasteiger partial charge in [0.25, 0.3) is 0 Å². The minimum Gasteiger partial charge on any atom is -0.355 e. The summed E-state index contributed by atoms with van der Waals surface area (Å²) < 4.78 is 27.9. The molecule has 0 spiro atoms. The van der Waals surface area contributed by atoms with E-state index in [0.29, 0.717) is 0 Å². The smallest absolute Gasteiger partial charge is 0.227 e. The van der Waals surface area contributed by atoms with Gasteiger partial charge in [0.1, 0.15) is 0 Å². The average molecular weight is 197 g/mol. The molecule has 5 nitrogen and oxygen atoms in total. The van der Waals surface area contributed by atoms with Crippen molar-refractivity contribution < 1.29 is 18.3 Å². The molecule has 1 unspecified atom stereocenters. The van der Waals surface area contributed by atoms with Gasteiger partial charge in [-0.2, -0.15) is 4.72 Å². The molecule has 0 bridgehead atoms. The van der Waals surface area contributed by atoms with Crippen LogP contribution in [0.3, 0.4) is 0 Å². The van der Waals surface area contributed by atoms with Crippen LogP contribution >= 0.6 is 0 Å². The molecule has 0 aliphatic heterocycles. The van der Waals surface area contributed by atoms with E-state index in [9.17, 15) is 8.42 Å². The summed E-state index contributed by atoms with van der Waals surface area (Å²) in [6.45, 7) is 5.13. The molecule has 0 heterocycles. The molecule has 0 fully saturated rings. The molecule has 0 aliphatic rings. The standard InChI is InChI=1S/C6H15NO4S/c1-6(2,3)11-5(8)7-12(4,9)10/h5,7-8H,1-4H3. The molecular formula is C6H15NO4S. The highest BCUT2D eigenvalue weighted by Gasteiger charge is 2.18. The minimum absolute atomic E-state index is 0.586. The van der Waals surface area contributed by atoms with Crippen LogP contribution < -0.4 is 4.72 Å². The number of sulfonamides is 1. The Morgan fingerprint density at radius 3 is 2.08 bits per heavy atom. The van der Waals surface area contributed by atoms with Gasteiger partial charge in [-0.3, -0.25) is 0 Å². The average Bonchev–Trinajstić information content (AvgIpc) is 1.49. The number of hydrogen-bond acceptors (Lipinski definition) is 4. The Morgan fingerprint density at radius 2 is 1.83 bits per heavy atom. The van der Waals surface area contributed by atoms with Gasteiger partial charge in [0.15, 0.2) is 0 Å². The molecule has 0 aromatic rings. The fourth-order valence-corrected chi connectivity index (χ4v) is 0.956. The summed E-state index contributed by atoms with van der Waals surface area (Å²) in [7, 11) is -3.42. The molecule has 12 heavy (non-hydrogen) atoms. The van der Waals surface area contributed by atoms with Crippen molar-refractivity contribution in [1.82, 2.24) is 4.72 Å². The Hall–Kier alpha value is -0.170. The van der Waals surface area contributed by atoms with Crippen LogP contribution in [-0.4, -0.2) is 31.8 Å². The molecule has 0 saturated carbocycles. The number of aliphatic hydroxyl groups is 1. The molecular weight excluding hydrogens is 182 g/mol. The van der Waals surface area contributed by atoms with Gasteiger partial charge in [0, 0.05) is 0 Å². The molecule has 74 valence electrons. The second-order valence-electron chi connectivity index (χ2n) is 3.47. The number of hydrogen-bond donors (Lipinski definition) is 2. The first kappa shape index (κ1) is 11.8.